The second-order valence-electron chi connectivity index (χ2n) is 6.26. The third-order valence-corrected chi connectivity index (χ3v) is 3.31. The van der Waals surface area contributed by atoms with Gasteiger partial charge in [-0.25, -0.2) is 0 Å². The van der Waals surface area contributed by atoms with Crippen molar-refractivity contribution in [2.45, 2.75) is 58.9 Å². The van der Waals surface area contributed by atoms with E-state index < -0.39 is 0 Å². The van der Waals surface area contributed by atoms with E-state index in [0.29, 0.717) is 5.92 Å². The minimum Gasteiger partial charge on any atom is -0.494 e. The average Bonchev–Trinajstić information content (AvgIpc) is 2.37. The van der Waals surface area contributed by atoms with Crippen molar-refractivity contribution in [1.29, 1.82) is 0 Å². The van der Waals surface area contributed by atoms with Crippen molar-refractivity contribution in [2.24, 2.45) is 0 Å². The molecule has 0 saturated carbocycles. The summed E-state index contributed by atoms with van der Waals surface area (Å²) in [5.41, 5.74) is 1.59. The van der Waals surface area contributed by atoms with Crippen LogP contribution in [0.3, 0.4) is 0 Å². The molecule has 0 heterocycles. The van der Waals surface area contributed by atoms with E-state index in [-0.39, 0.29) is 5.54 Å². The number of ether oxygens (including phenoxy) is 1. The van der Waals surface area contributed by atoms with Crippen molar-refractivity contribution >= 4 is 0 Å². The molecule has 0 fully saturated rings. The highest BCUT2D eigenvalue weighted by Gasteiger charge is 2.07. The van der Waals surface area contributed by atoms with Gasteiger partial charge in [0, 0.05) is 5.54 Å². The van der Waals surface area contributed by atoms with Crippen molar-refractivity contribution in [1.82, 2.24) is 5.32 Å². The second kappa shape index (κ2) is 7.54. The molecule has 1 N–H and O–H groups in total. The quantitative estimate of drug-likeness (QED) is 0.738. The van der Waals surface area contributed by atoms with Gasteiger partial charge in [-0.15, -0.1) is 0 Å². The van der Waals surface area contributed by atoms with Crippen molar-refractivity contribution in [2.75, 3.05) is 13.2 Å². The summed E-state index contributed by atoms with van der Waals surface area (Å²) >= 11 is 0. The van der Waals surface area contributed by atoms with E-state index in [0.717, 1.165) is 25.3 Å². The van der Waals surface area contributed by atoms with Crippen LogP contribution in [-0.2, 0) is 0 Å². The summed E-state index contributed by atoms with van der Waals surface area (Å²) in [6.45, 7) is 12.8. The summed E-state index contributed by atoms with van der Waals surface area (Å²) in [4.78, 5) is 0. The van der Waals surface area contributed by atoms with Crippen LogP contribution in [-0.4, -0.2) is 18.7 Å². The third kappa shape index (κ3) is 6.63. The summed E-state index contributed by atoms with van der Waals surface area (Å²) in [5.74, 6) is 1.60. The number of nitrogens with one attached hydrogen (secondary N) is 1. The number of hydrogen-bond donors (Lipinski definition) is 1. The van der Waals surface area contributed by atoms with E-state index in [2.05, 4.69) is 64.2 Å². The van der Waals surface area contributed by atoms with Gasteiger partial charge in [-0.2, -0.15) is 0 Å². The molecule has 0 aliphatic carbocycles. The molecule has 0 saturated heterocycles. The van der Waals surface area contributed by atoms with E-state index in [1.165, 1.54) is 12.0 Å². The Balaban J connectivity index is 2.27. The Kier molecular flexibility index (Phi) is 6.36. The van der Waals surface area contributed by atoms with Crippen molar-refractivity contribution in [3.8, 4) is 5.75 Å². The molecule has 1 rings (SSSR count). The molecule has 0 spiro atoms. The first-order valence-electron chi connectivity index (χ1n) is 7.40. The predicted octanol–water partition coefficient (Wildman–Crippen LogP) is 4.36. The molecule has 0 unspecified atom stereocenters. The number of benzene rings is 1. The Morgan fingerprint density at radius 3 is 2.32 bits per heavy atom. The van der Waals surface area contributed by atoms with Gasteiger partial charge in [-0.05, 0) is 63.8 Å². The molecule has 2 heteroatoms. The molecule has 19 heavy (non-hydrogen) atoms. The molecule has 0 aliphatic heterocycles. The smallest absolute Gasteiger partial charge is 0.119 e. The highest BCUT2D eigenvalue weighted by atomic mass is 16.5. The van der Waals surface area contributed by atoms with Gasteiger partial charge in [0.25, 0.3) is 0 Å². The van der Waals surface area contributed by atoms with E-state index in [4.69, 9.17) is 4.74 Å². The molecule has 108 valence electrons. The van der Waals surface area contributed by atoms with E-state index in [1.807, 2.05) is 0 Å². The molecule has 1 aromatic carbocycles. The Morgan fingerprint density at radius 2 is 1.79 bits per heavy atom. The maximum Gasteiger partial charge on any atom is 0.119 e. The van der Waals surface area contributed by atoms with Crippen molar-refractivity contribution in [3.63, 3.8) is 0 Å². The molecule has 1 atom stereocenters. The van der Waals surface area contributed by atoms with Gasteiger partial charge in [-0.3, -0.25) is 0 Å². The lowest BCUT2D eigenvalue weighted by Gasteiger charge is -2.20. The molecule has 2 nitrogen and oxygen atoms in total. The molecule has 0 aliphatic rings. The van der Waals surface area contributed by atoms with E-state index in [9.17, 15) is 0 Å². The summed E-state index contributed by atoms with van der Waals surface area (Å²) in [7, 11) is 0. The lowest BCUT2D eigenvalue weighted by Crippen LogP contribution is -2.36. The summed E-state index contributed by atoms with van der Waals surface area (Å²) in [6, 6.07) is 8.52. The minimum atomic E-state index is 0.192. The average molecular weight is 263 g/mol. The van der Waals surface area contributed by atoms with Crippen LogP contribution in [0.1, 0.15) is 58.9 Å². The summed E-state index contributed by atoms with van der Waals surface area (Å²) < 4.78 is 5.75. The maximum atomic E-state index is 5.75. The van der Waals surface area contributed by atoms with Gasteiger partial charge < -0.3 is 10.1 Å². The Labute approximate surface area is 118 Å². The van der Waals surface area contributed by atoms with Crippen LogP contribution < -0.4 is 10.1 Å². The maximum absolute atomic E-state index is 5.75. The molecule has 0 bridgehead atoms. The molecule has 0 amide bonds. The molecule has 1 aromatic rings. The van der Waals surface area contributed by atoms with Gasteiger partial charge in [0.05, 0.1) is 6.61 Å². The van der Waals surface area contributed by atoms with Gasteiger partial charge in [-0.1, -0.05) is 26.0 Å². The number of hydrogen-bond acceptors (Lipinski definition) is 2. The van der Waals surface area contributed by atoms with Gasteiger partial charge in [0.1, 0.15) is 5.75 Å². The highest BCUT2D eigenvalue weighted by Crippen LogP contribution is 2.21. The van der Waals surface area contributed by atoms with Crippen LogP contribution in [0.15, 0.2) is 24.3 Å². The van der Waals surface area contributed by atoms with Crippen LogP contribution >= 0.6 is 0 Å². The highest BCUT2D eigenvalue weighted by molar-refractivity contribution is 5.29. The van der Waals surface area contributed by atoms with E-state index >= 15 is 0 Å². The molecular weight excluding hydrogens is 234 g/mol. The van der Waals surface area contributed by atoms with Gasteiger partial charge in [0.15, 0.2) is 0 Å². The largest absolute Gasteiger partial charge is 0.494 e. The standard InChI is InChI=1S/C17H29NO/c1-6-14(2)15-8-10-16(11-9-15)19-13-7-12-18-17(3,4)5/h8-11,14,18H,6-7,12-13H2,1-5H3/t14-/m0/s1. The van der Waals surface area contributed by atoms with Crippen LogP contribution in [0.25, 0.3) is 0 Å². The fraction of sp³-hybridized carbons (Fsp3) is 0.647. The first kappa shape index (κ1) is 16.0. The Bertz CT molecular complexity index is 351. The first-order chi connectivity index (χ1) is 8.92. The molecule has 0 radical (unpaired) electrons. The zero-order valence-corrected chi connectivity index (χ0v) is 13.1. The SMILES string of the molecule is CC[C@H](C)c1ccc(OCCCNC(C)(C)C)cc1. The van der Waals surface area contributed by atoms with Crippen LogP contribution in [0.5, 0.6) is 5.75 Å². The second-order valence-corrected chi connectivity index (χ2v) is 6.26. The van der Waals surface area contributed by atoms with Crippen LogP contribution in [0.4, 0.5) is 0 Å². The van der Waals surface area contributed by atoms with Crippen molar-refractivity contribution < 1.29 is 4.74 Å². The minimum absolute atomic E-state index is 0.192. The van der Waals surface area contributed by atoms with E-state index in [1.54, 1.807) is 0 Å². The lowest BCUT2D eigenvalue weighted by atomic mass is 9.99. The van der Waals surface area contributed by atoms with Gasteiger partial charge in [0.2, 0.25) is 0 Å². The summed E-state index contributed by atoms with van der Waals surface area (Å²) in [5, 5.41) is 3.46. The molecule has 0 aromatic heterocycles. The predicted molar refractivity (Wildman–Crippen MR) is 83.0 cm³/mol. The van der Waals surface area contributed by atoms with Gasteiger partial charge >= 0.3 is 0 Å². The first-order valence-corrected chi connectivity index (χ1v) is 7.40. The zero-order valence-electron chi connectivity index (χ0n) is 13.1. The third-order valence-electron chi connectivity index (χ3n) is 3.31. The fourth-order valence-corrected chi connectivity index (χ4v) is 1.85. The lowest BCUT2D eigenvalue weighted by molar-refractivity contribution is 0.298. The normalized spacial score (nSPS) is 13.3. The molecular formula is C17H29NO. The Morgan fingerprint density at radius 1 is 1.16 bits per heavy atom. The van der Waals surface area contributed by atoms with Crippen molar-refractivity contribution in [3.05, 3.63) is 29.8 Å². The fourth-order valence-electron chi connectivity index (χ4n) is 1.85. The monoisotopic (exact) mass is 263 g/mol. The Hall–Kier alpha value is -1.02. The van der Waals surface area contributed by atoms with Crippen LogP contribution in [0, 0.1) is 0 Å². The zero-order chi connectivity index (χ0) is 14.3. The topological polar surface area (TPSA) is 21.3 Å². The number of rotatable bonds is 7. The summed E-state index contributed by atoms with van der Waals surface area (Å²) in [6.07, 6.45) is 2.21. The van der Waals surface area contributed by atoms with Crippen LogP contribution in [0.2, 0.25) is 0 Å².